The van der Waals surface area contributed by atoms with Gasteiger partial charge in [0, 0.05) is 72.4 Å². The van der Waals surface area contributed by atoms with E-state index in [1.807, 2.05) is 48.5 Å². The number of hydrogen-bond acceptors (Lipinski definition) is 4. The Morgan fingerprint density at radius 1 is 0.659 bits per heavy atom. The quantitative estimate of drug-likeness (QED) is 0.165. The first-order valence-electron chi connectivity index (χ1n) is 14.1. The lowest BCUT2D eigenvalue weighted by atomic mass is 9.95. The van der Waals surface area contributed by atoms with Gasteiger partial charge < -0.3 is 20.0 Å². The summed E-state index contributed by atoms with van der Waals surface area (Å²) in [5.41, 5.74) is 3.52. The zero-order valence-corrected chi connectivity index (χ0v) is 24.2. The minimum absolute atomic E-state index is 0.000604. The number of nitrogens with zero attached hydrogens (tertiary/aromatic N) is 2. The number of unbranched alkanes of at least 4 members (excludes halogenated alkanes) is 2. The SMILES string of the molecule is O=C(CCCCCC(=O)N1C[C@@H](CCl)c2c1cc(O)c1ccccc21)N1C[C@@H](CCl)c2c1cc(O)c1ccccc21. The maximum absolute atomic E-state index is 13.3. The van der Waals surface area contributed by atoms with Crippen molar-refractivity contribution in [3.8, 4) is 11.5 Å². The van der Waals surface area contributed by atoms with Crippen LogP contribution >= 0.6 is 23.2 Å². The smallest absolute Gasteiger partial charge is 0.227 e. The Labute approximate surface area is 249 Å². The standard InChI is InChI=1S/C33H32Cl2N2O4/c34-16-20-18-36(26-14-28(38)22-8-4-6-10-24(22)32(20)26)30(40)12-2-1-3-13-31(41)37-19-21(17-35)33-25-11-7-5-9-23(25)29(39)15-27(33)37/h4-11,14-15,20-21,38-39H,1-3,12-13,16-19H2/t20-,21-/m1/s1. The number of carbonyl (C=O) groups is 2. The predicted octanol–water partition coefficient (Wildman–Crippen LogP) is 7.39. The van der Waals surface area contributed by atoms with Gasteiger partial charge >= 0.3 is 0 Å². The molecule has 0 aliphatic carbocycles. The highest BCUT2D eigenvalue weighted by atomic mass is 35.5. The number of halogens is 2. The molecule has 4 aromatic rings. The average Bonchev–Trinajstić information content (AvgIpc) is 3.55. The van der Waals surface area contributed by atoms with Crippen LogP contribution in [0, 0.1) is 0 Å². The molecule has 0 bridgehead atoms. The molecule has 2 atom stereocenters. The molecule has 4 aromatic carbocycles. The number of benzene rings is 4. The third-order valence-corrected chi connectivity index (χ3v) is 9.29. The Kier molecular flexibility index (Phi) is 7.71. The summed E-state index contributed by atoms with van der Waals surface area (Å²) in [6, 6.07) is 18.7. The first-order valence-corrected chi connectivity index (χ1v) is 15.2. The average molecular weight is 592 g/mol. The summed E-state index contributed by atoms with van der Waals surface area (Å²) in [6.45, 7) is 1.00. The summed E-state index contributed by atoms with van der Waals surface area (Å²) in [5.74, 6) is 1.13. The molecule has 0 saturated heterocycles. The van der Waals surface area contributed by atoms with Gasteiger partial charge in [-0.25, -0.2) is 0 Å². The van der Waals surface area contributed by atoms with Crippen LogP contribution in [0.15, 0.2) is 60.7 Å². The lowest BCUT2D eigenvalue weighted by Crippen LogP contribution is -2.30. The fourth-order valence-corrected chi connectivity index (χ4v) is 7.08. The second-order valence-electron chi connectivity index (χ2n) is 11.0. The van der Waals surface area contributed by atoms with Crippen LogP contribution in [0.25, 0.3) is 21.5 Å². The maximum Gasteiger partial charge on any atom is 0.227 e. The zero-order chi connectivity index (χ0) is 28.7. The van der Waals surface area contributed by atoms with E-state index < -0.39 is 0 Å². The molecule has 8 heteroatoms. The van der Waals surface area contributed by atoms with E-state index in [2.05, 4.69) is 0 Å². The molecule has 2 amide bonds. The monoisotopic (exact) mass is 590 g/mol. The molecular weight excluding hydrogens is 559 g/mol. The van der Waals surface area contributed by atoms with Crippen LogP contribution in [-0.4, -0.2) is 46.9 Å². The van der Waals surface area contributed by atoms with E-state index in [-0.39, 0.29) is 35.1 Å². The number of hydrogen-bond donors (Lipinski definition) is 2. The summed E-state index contributed by atoms with van der Waals surface area (Å²) >= 11 is 12.6. The van der Waals surface area contributed by atoms with Gasteiger partial charge in [0.25, 0.3) is 0 Å². The molecule has 6 nitrogen and oxygen atoms in total. The lowest BCUT2D eigenvalue weighted by molar-refractivity contribution is -0.119. The van der Waals surface area contributed by atoms with E-state index in [1.54, 1.807) is 21.9 Å². The highest BCUT2D eigenvalue weighted by molar-refractivity contribution is 6.19. The van der Waals surface area contributed by atoms with Crippen molar-refractivity contribution in [2.24, 2.45) is 0 Å². The number of alkyl halides is 2. The molecule has 6 rings (SSSR count). The van der Waals surface area contributed by atoms with Gasteiger partial charge in [0.2, 0.25) is 11.8 Å². The summed E-state index contributed by atoms with van der Waals surface area (Å²) < 4.78 is 0. The molecule has 0 unspecified atom stereocenters. The van der Waals surface area contributed by atoms with Gasteiger partial charge in [-0.1, -0.05) is 55.0 Å². The molecule has 2 aliphatic heterocycles. The summed E-state index contributed by atoms with van der Waals surface area (Å²) in [5, 5.41) is 24.6. The molecular formula is C33H32Cl2N2O4. The van der Waals surface area contributed by atoms with Crippen LogP contribution in [-0.2, 0) is 9.59 Å². The number of fused-ring (bicyclic) bond motifs is 6. The largest absolute Gasteiger partial charge is 0.507 e. The molecule has 2 N–H and O–H groups in total. The van der Waals surface area contributed by atoms with E-state index in [1.165, 1.54) is 0 Å². The fourth-order valence-electron chi connectivity index (χ4n) is 6.58. The number of phenols is 2. The summed E-state index contributed by atoms with van der Waals surface area (Å²) in [6.07, 6.45) is 2.78. The molecule has 0 aromatic heterocycles. The van der Waals surface area contributed by atoms with Crippen molar-refractivity contribution in [2.75, 3.05) is 34.6 Å². The Hall–Kier alpha value is -3.48. The molecule has 41 heavy (non-hydrogen) atoms. The second-order valence-corrected chi connectivity index (χ2v) is 11.6. The first-order chi connectivity index (χ1) is 19.9. The van der Waals surface area contributed by atoms with Gasteiger partial charge in [-0.15, -0.1) is 23.2 Å². The topological polar surface area (TPSA) is 81.1 Å². The van der Waals surface area contributed by atoms with Crippen molar-refractivity contribution in [3.63, 3.8) is 0 Å². The fraction of sp³-hybridized carbons (Fsp3) is 0.333. The highest BCUT2D eigenvalue weighted by Crippen LogP contribution is 2.46. The number of rotatable bonds is 8. The van der Waals surface area contributed by atoms with Crippen LogP contribution in [0.3, 0.4) is 0 Å². The van der Waals surface area contributed by atoms with Gasteiger partial charge in [-0.2, -0.15) is 0 Å². The second kappa shape index (κ2) is 11.4. The minimum atomic E-state index is 0.000604. The first kappa shape index (κ1) is 27.7. The van der Waals surface area contributed by atoms with Gasteiger partial charge in [-0.3, -0.25) is 9.59 Å². The molecule has 0 saturated carbocycles. The van der Waals surface area contributed by atoms with Crippen LogP contribution in [0.1, 0.15) is 55.1 Å². The van der Waals surface area contributed by atoms with Crippen molar-refractivity contribution in [1.29, 1.82) is 0 Å². The zero-order valence-electron chi connectivity index (χ0n) is 22.7. The number of anilines is 2. The van der Waals surface area contributed by atoms with E-state index in [0.717, 1.165) is 50.5 Å². The summed E-state index contributed by atoms with van der Waals surface area (Å²) in [4.78, 5) is 30.0. The van der Waals surface area contributed by atoms with Crippen LogP contribution in [0.5, 0.6) is 11.5 Å². The molecule has 0 spiro atoms. The van der Waals surface area contributed by atoms with E-state index in [4.69, 9.17) is 23.2 Å². The maximum atomic E-state index is 13.3. The van der Waals surface area contributed by atoms with Crippen LogP contribution in [0.2, 0.25) is 0 Å². The van der Waals surface area contributed by atoms with Crippen molar-refractivity contribution in [2.45, 2.75) is 43.9 Å². The van der Waals surface area contributed by atoms with Crippen molar-refractivity contribution < 1.29 is 19.8 Å². The normalized spacial score (nSPS) is 17.8. The molecule has 212 valence electrons. The number of amides is 2. The molecule has 2 heterocycles. The van der Waals surface area contributed by atoms with Gasteiger partial charge in [0.05, 0.1) is 11.4 Å². The van der Waals surface area contributed by atoms with Gasteiger partial charge in [0.15, 0.2) is 0 Å². The Bertz CT molecular complexity index is 1530. The van der Waals surface area contributed by atoms with Crippen molar-refractivity contribution >= 4 is 67.9 Å². The van der Waals surface area contributed by atoms with Gasteiger partial charge in [-0.05, 0) is 34.7 Å². The predicted molar refractivity (Wildman–Crippen MR) is 166 cm³/mol. The third kappa shape index (κ3) is 4.87. The molecule has 2 aliphatic rings. The van der Waals surface area contributed by atoms with Crippen molar-refractivity contribution in [3.05, 3.63) is 71.8 Å². The van der Waals surface area contributed by atoms with Crippen LogP contribution in [0.4, 0.5) is 11.4 Å². The molecule has 0 fully saturated rings. The Morgan fingerprint density at radius 3 is 1.44 bits per heavy atom. The lowest BCUT2D eigenvalue weighted by Gasteiger charge is -2.19. The number of carbonyl (C=O) groups excluding carboxylic acids is 2. The number of phenolic OH excluding ortho intramolecular Hbond substituents is 2. The van der Waals surface area contributed by atoms with Gasteiger partial charge in [0.1, 0.15) is 11.5 Å². The number of aromatic hydroxyl groups is 2. The van der Waals surface area contributed by atoms with Crippen molar-refractivity contribution in [1.82, 2.24) is 0 Å². The third-order valence-electron chi connectivity index (χ3n) is 8.55. The van der Waals surface area contributed by atoms with Crippen LogP contribution < -0.4 is 9.80 Å². The van der Waals surface area contributed by atoms with E-state index >= 15 is 0 Å². The summed E-state index contributed by atoms with van der Waals surface area (Å²) in [7, 11) is 0. The Balaban J connectivity index is 1.08. The van der Waals surface area contributed by atoms with E-state index in [9.17, 15) is 19.8 Å². The van der Waals surface area contributed by atoms with E-state index in [0.29, 0.717) is 50.5 Å². The molecule has 0 radical (unpaired) electrons. The highest BCUT2D eigenvalue weighted by Gasteiger charge is 2.35. The Morgan fingerprint density at radius 2 is 1.05 bits per heavy atom. The minimum Gasteiger partial charge on any atom is -0.507 e.